The van der Waals surface area contributed by atoms with E-state index in [0.717, 1.165) is 32.5 Å². The predicted molar refractivity (Wildman–Crippen MR) is 98.3 cm³/mol. The summed E-state index contributed by atoms with van der Waals surface area (Å²) in [5, 5.41) is 2.17. The molecule has 1 aromatic rings. The maximum Gasteiger partial charge on any atom is 0.227 e. The third-order valence-electron chi connectivity index (χ3n) is 6.13. The molecule has 0 radical (unpaired) electrons. The maximum absolute atomic E-state index is 13.1. The summed E-state index contributed by atoms with van der Waals surface area (Å²) in [6, 6.07) is 2.90. The Bertz CT molecular complexity index is 579. The molecular weight excluding hydrogens is 318 g/mol. The smallest absolute Gasteiger partial charge is 0.227 e. The fourth-order valence-electron chi connectivity index (χ4n) is 4.59. The van der Waals surface area contributed by atoms with E-state index in [1.165, 1.54) is 49.3 Å². The summed E-state index contributed by atoms with van der Waals surface area (Å²) in [5.41, 5.74) is 1.38. The minimum atomic E-state index is 0.221. The van der Waals surface area contributed by atoms with Gasteiger partial charge < -0.3 is 9.80 Å². The molecule has 0 aromatic carbocycles. The van der Waals surface area contributed by atoms with E-state index < -0.39 is 0 Å². The van der Waals surface area contributed by atoms with Crippen LogP contribution in [-0.2, 0) is 17.8 Å². The molecule has 4 heterocycles. The van der Waals surface area contributed by atoms with Crippen LogP contribution in [0.4, 0.5) is 0 Å². The molecule has 2 fully saturated rings. The second-order valence-electron chi connectivity index (χ2n) is 7.75. The highest BCUT2D eigenvalue weighted by molar-refractivity contribution is 7.10. The lowest BCUT2D eigenvalue weighted by Crippen LogP contribution is -2.51. The summed E-state index contributed by atoms with van der Waals surface area (Å²) in [6.45, 7) is 6.33. The Morgan fingerprint density at radius 1 is 1.17 bits per heavy atom. The zero-order chi connectivity index (χ0) is 16.5. The van der Waals surface area contributed by atoms with E-state index in [2.05, 4.69) is 33.2 Å². The van der Waals surface area contributed by atoms with E-state index in [1.807, 2.05) is 11.3 Å². The van der Waals surface area contributed by atoms with Crippen LogP contribution < -0.4 is 0 Å². The second-order valence-corrected chi connectivity index (χ2v) is 8.75. The Labute approximate surface area is 149 Å². The summed E-state index contributed by atoms with van der Waals surface area (Å²) >= 11 is 1.84. The number of hydrogen-bond acceptors (Lipinski definition) is 4. The van der Waals surface area contributed by atoms with Crippen LogP contribution in [0.3, 0.4) is 0 Å². The molecule has 24 heavy (non-hydrogen) atoms. The van der Waals surface area contributed by atoms with Crippen LogP contribution >= 0.6 is 11.3 Å². The van der Waals surface area contributed by atoms with E-state index in [9.17, 15) is 4.79 Å². The van der Waals surface area contributed by atoms with Crippen LogP contribution in [0.5, 0.6) is 0 Å². The summed E-state index contributed by atoms with van der Waals surface area (Å²) in [5.74, 6) is 0.628. The van der Waals surface area contributed by atoms with E-state index in [-0.39, 0.29) is 5.92 Å². The molecule has 3 aliphatic heterocycles. The lowest BCUT2D eigenvalue weighted by atomic mass is 9.92. The Balaban J connectivity index is 1.36. The molecule has 0 spiro atoms. The zero-order valence-electron chi connectivity index (χ0n) is 14.7. The van der Waals surface area contributed by atoms with Crippen LogP contribution in [0, 0.1) is 5.92 Å². The van der Waals surface area contributed by atoms with Gasteiger partial charge in [0, 0.05) is 30.6 Å². The largest absolute Gasteiger partial charge is 0.338 e. The van der Waals surface area contributed by atoms with Crippen LogP contribution in [0.25, 0.3) is 0 Å². The first-order valence-electron chi connectivity index (χ1n) is 9.47. The average molecular weight is 348 g/mol. The first-order chi connectivity index (χ1) is 11.7. The fraction of sp³-hybridized carbons (Fsp3) is 0.737. The SMILES string of the molecule is CN1CCC(N2CCC[C@H](C(=O)N3CCc4sccc4C3)C2)CC1. The highest BCUT2D eigenvalue weighted by Gasteiger charge is 2.34. The molecule has 0 bridgehead atoms. The van der Waals surface area contributed by atoms with Crippen molar-refractivity contribution in [3.63, 3.8) is 0 Å². The number of likely N-dealkylation sites (tertiary alicyclic amines) is 2. The van der Waals surface area contributed by atoms with E-state index in [1.54, 1.807) is 0 Å². The molecule has 1 amide bonds. The Hall–Kier alpha value is -0.910. The summed E-state index contributed by atoms with van der Waals surface area (Å²) in [7, 11) is 2.22. The van der Waals surface area contributed by atoms with Crippen molar-refractivity contribution >= 4 is 17.2 Å². The molecule has 3 aliphatic rings. The van der Waals surface area contributed by atoms with E-state index in [4.69, 9.17) is 0 Å². The van der Waals surface area contributed by atoms with Gasteiger partial charge in [-0.2, -0.15) is 0 Å². The third kappa shape index (κ3) is 3.39. The zero-order valence-corrected chi connectivity index (χ0v) is 15.6. The standard InChI is InChI=1S/C19H29N3OS/c1-20-9-4-17(5-10-20)21-8-2-3-16(14-21)19(23)22-11-6-18-15(13-22)7-12-24-18/h7,12,16-17H,2-6,8-11,13-14H2,1H3/t16-/m0/s1. The number of carbonyl (C=O) groups is 1. The van der Waals surface area contributed by atoms with Crippen molar-refractivity contribution < 1.29 is 4.79 Å². The number of piperidine rings is 2. The van der Waals surface area contributed by atoms with Crippen molar-refractivity contribution in [1.29, 1.82) is 0 Å². The summed E-state index contributed by atoms with van der Waals surface area (Å²) < 4.78 is 0. The lowest BCUT2D eigenvalue weighted by molar-refractivity contribution is -0.138. The third-order valence-corrected chi connectivity index (χ3v) is 7.15. The number of nitrogens with zero attached hydrogens (tertiary/aromatic N) is 3. The Kier molecular flexibility index (Phi) is 4.93. The maximum atomic E-state index is 13.1. The fourth-order valence-corrected chi connectivity index (χ4v) is 5.48. The van der Waals surface area contributed by atoms with Crippen LogP contribution in [0.15, 0.2) is 11.4 Å². The van der Waals surface area contributed by atoms with Crippen molar-refractivity contribution in [3.8, 4) is 0 Å². The average Bonchev–Trinajstić information content (AvgIpc) is 3.09. The molecule has 0 N–H and O–H groups in total. The highest BCUT2D eigenvalue weighted by Crippen LogP contribution is 2.28. The van der Waals surface area contributed by atoms with Gasteiger partial charge in [-0.3, -0.25) is 9.69 Å². The van der Waals surface area contributed by atoms with Gasteiger partial charge in [-0.25, -0.2) is 0 Å². The monoisotopic (exact) mass is 347 g/mol. The first kappa shape index (κ1) is 16.6. The van der Waals surface area contributed by atoms with Crippen LogP contribution in [-0.4, -0.2) is 66.4 Å². The van der Waals surface area contributed by atoms with Gasteiger partial charge in [0.05, 0.1) is 5.92 Å². The molecule has 1 aromatic heterocycles. The summed E-state index contributed by atoms with van der Waals surface area (Å²) in [6.07, 6.45) is 5.83. The van der Waals surface area contributed by atoms with E-state index in [0.29, 0.717) is 11.9 Å². The second kappa shape index (κ2) is 7.14. The van der Waals surface area contributed by atoms with Gasteiger partial charge in [0.25, 0.3) is 0 Å². The minimum Gasteiger partial charge on any atom is -0.338 e. The lowest BCUT2D eigenvalue weighted by Gasteiger charge is -2.42. The van der Waals surface area contributed by atoms with E-state index >= 15 is 0 Å². The van der Waals surface area contributed by atoms with Crippen molar-refractivity contribution in [2.75, 3.05) is 39.8 Å². The minimum absolute atomic E-state index is 0.221. The molecule has 0 aliphatic carbocycles. The molecule has 4 nitrogen and oxygen atoms in total. The molecule has 0 saturated carbocycles. The molecule has 4 rings (SSSR count). The molecule has 0 unspecified atom stereocenters. The molecule has 1 atom stereocenters. The Morgan fingerprint density at radius 3 is 2.83 bits per heavy atom. The van der Waals surface area contributed by atoms with Gasteiger partial charge in [0.1, 0.15) is 0 Å². The van der Waals surface area contributed by atoms with Crippen LogP contribution in [0.2, 0.25) is 0 Å². The number of amides is 1. The van der Waals surface area contributed by atoms with Crippen molar-refractivity contribution in [3.05, 3.63) is 21.9 Å². The van der Waals surface area contributed by atoms with Crippen molar-refractivity contribution in [1.82, 2.24) is 14.7 Å². The molecular formula is C19H29N3OS. The predicted octanol–water partition coefficient (Wildman–Crippen LogP) is 2.44. The van der Waals surface area contributed by atoms with Crippen molar-refractivity contribution in [2.24, 2.45) is 5.92 Å². The van der Waals surface area contributed by atoms with Gasteiger partial charge in [0.15, 0.2) is 0 Å². The van der Waals surface area contributed by atoms with Crippen molar-refractivity contribution in [2.45, 2.75) is 44.7 Å². The number of fused-ring (bicyclic) bond motifs is 1. The molecule has 5 heteroatoms. The normalized spacial score (nSPS) is 27.2. The van der Waals surface area contributed by atoms with Gasteiger partial charge in [0.2, 0.25) is 5.91 Å². The first-order valence-corrected chi connectivity index (χ1v) is 10.4. The van der Waals surface area contributed by atoms with Crippen LogP contribution in [0.1, 0.15) is 36.1 Å². The Morgan fingerprint density at radius 2 is 2.00 bits per heavy atom. The number of rotatable bonds is 2. The number of thiophene rings is 1. The van der Waals surface area contributed by atoms with Gasteiger partial charge >= 0.3 is 0 Å². The summed E-state index contributed by atoms with van der Waals surface area (Å²) in [4.78, 5) is 21.7. The topological polar surface area (TPSA) is 26.8 Å². The molecule has 2 saturated heterocycles. The number of hydrogen-bond donors (Lipinski definition) is 0. The quantitative estimate of drug-likeness (QED) is 0.822. The van der Waals surface area contributed by atoms with Gasteiger partial charge in [-0.15, -0.1) is 11.3 Å². The molecule has 132 valence electrons. The number of carbonyl (C=O) groups excluding carboxylic acids is 1. The van der Waals surface area contributed by atoms with Gasteiger partial charge in [-0.1, -0.05) is 0 Å². The van der Waals surface area contributed by atoms with Gasteiger partial charge in [-0.05, 0) is 75.8 Å². The highest BCUT2D eigenvalue weighted by atomic mass is 32.1.